The lowest BCUT2D eigenvalue weighted by atomic mass is 10.1. The zero-order chi connectivity index (χ0) is 21.1. The highest BCUT2D eigenvalue weighted by atomic mass is 79.9. The second-order valence-electron chi connectivity index (χ2n) is 6.80. The van der Waals surface area contributed by atoms with Gasteiger partial charge in [0.15, 0.2) is 5.69 Å². The van der Waals surface area contributed by atoms with Gasteiger partial charge in [-0.1, -0.05) is 52.3 Å². The molecular formula is C24H19BrN2O3. The molecule has 6 heteroatoms. The monoisotopic (exact) mass is 462 g/mol. The summed E-state index contributed by atoms with van der Waals surface area (Å²) in [5.41, 5.74) is 3.77. The first kappa shape index (κ1) is 19.9. The van der Waals surface area contributed by atoms with Gasteiger partial charge in [0.25, 0.3) is 0 Å². The van der Waals surface area contributed by atoms with Gasteiger partial charge in [-0.15, -0.1) is 0 Å². The minimum absolute atomic E-state index is 0.00124. The average Bonchev–Trinajstić information content (AvgIpc) is 3.15. The van der Waals surface area contributed by atoms with Crippen LogP contribution >= 0.6 is 15.9 Å². The van der Waals surface area contributed by atoms with Gasteiger partial charge < -0.3 is 9.84 Å². The fourth-order valence-corrected chi connectivity index (χ4v) is 3.64. The topological polar surface area (TPSA) is 64.3 Å². The summed E-state index contributed by atoms with van der Waals surface area (Å²) >= 11 is 3.55. The van der Waals surface area contributed by atoms with Gasteiger partial charge in [-0.25, -0.2) is 9.78 Å². The maximum absolute atomic E-state index is 11.4. The van der Waals surface area contributed by atoms with E-state index in [1.807, 2.05) is 72.2 Å². The number of aromatic carboxylic acids is 1. The molecule has 2 heterocycles. The highest BCUT2D eigenvalue weighted by Gasteiger charge is 2.16. The summed E-state index contributed by atoms with van der Waals surface area (Å²) in [5, 5.41) is 9.32. The molecule has 0 saturated heterocycles. The molecule has 2 aromatic carbocycles. The molecule has 0 aliphatic carbocycles. The zero-order valence-corrected chi connectivity index (χ0v) is 17.8. The van der Waals surface area contributed by atoms with Gasteiger partial charge >= 0.3 is 5.97 Å². The molecule has 30 heavy (non-hydrogen) atoms. The third-order valence-electron chi connectivity index (χ3n) is 4.71. The van der Waals surface area contributed by atoms with E-state index >= 15 is 0 Å². The van der Waals surface area contributed by atoms with Crippen LogP contribution in [0, 0.1) is 6.92 Å². The van der Waals surface area contributed by atoms with E-state index in [-0.39, 0.29) is 5.69 Å². The maximum atomic E-state index is 11.4. The number of carboxylic acids is 1. The number of aryl methyl sites for hydroxylation is 1. The van der Waals surface area contributed by atoms with Crippen LogP contribution in [0.15, 0.2) is 83.3 Å². The Morgan fingerprint density at radius 2 is 1.83 bits per heavy atom. The van der Waals surface area contributed by atoms with E-state index < -0.39 is 5.97 Å². The minimum atomic E-state index is -1.06. The SMILES string of the molecule is Cc1ccc(-c2cc(Br)ccc2OCc2ccccc2)n1-c1cccc(C(=O)O)n1. The van der Waals surface area contributed by atoms with Crippen LogP contribution in [0.3, 0.4) is 0 Å². The average molecular weight is 463 g/mol. The molecule has 5 nitrogen and oxygen atoms in total. The van der Waals surface area contributed by atoms with Gasteiger partial charge in [0.2, 0.25) is 0 Å². The summed E-state index contributed by atoms with van der Waals surface area (Å²) in [5.74, 6) is 0.217. The Bertz CT molecular complexity index is 1200. The van der Waals surface area contributed by atoms with Crippen molar-refractivity contribution in [2.24, 2.45) is 0 Å². The van der Waals surface area contributed by atoms with Crippen LogP contribution in [0.25, 0.3) is 17.1 Å². The molecule has 1 N–H and O–H groups in total. The molecule has 0 radical (unpaired) electrons. The summed E-state index contributed by atoms with van der Waals surface area (Å²) in [6, 6.07) is 24.8. The van der Waals surface area contributed by atoms with Gasteiger partial charge in [0.05, 0.1) is 5.69 Å². The third-order valence-corrected chi connectivity index (χ3v) is 5.21. The lowest BCUT2D eigenvalue weighted by molar-refractivity contribution is 0.0690. The lowest BCUT2D eigenvalue weighted by Gasteiger charge is -2.16. The number of hydrogen-bond donors (Lipinski definition) is 1. The number of carbonyl (C=O) groups is 1. The lowest BCUT2D eigenvalue weighted by Crippen LogP contribution is -2.07. The van der Waals surface area contributed by atoms with Crippen molar-refractivity contribution < 1.29 is 14.6 Å². The molecule has 0 spiro atoms. The Morgan fingerprint density at radius 1 is 1.03 bits per heavy atom. The van der Waals surface area contributed by atoms with Crippen LogP contribution in [0.4, 0.5) is 0 Å². The van der Waals surface area contributed by atoms with Crippen molar-refractivity contribution in [1.82, 2.24) is 9.55 Å². The fraction of sp³-hybridized carbons (Fsp3) is 0.0833. The quantitative estimate of drug-likeness (QED) is 0.388. The Balaban J connectivity index is 1.77. The largest absolute Gasteiger partial charge is 0.488 e. The summed E-state index contributed by atoms with van der Waals surface area (Å²) in [4.78, 5) is 15.7. The second-order valence-corrected chi connectivity index (χ2v) is 7.71. The number of hydrogen-bond acceptors (Lipinski definition) is 3. The van der Waals surface area contributed by atoms with Crippen molar-refractivity contribution in [1.29, 1.82) is 0 Å². The van der Waals surface area contributed by atoms with Crippen molar-refractivity contribution in [3.05, 3.63) is 100 Å². The summed E-state index contributed by atoms with van der Waals surface area (Å²) in [6.45, 7) is 2.41. The number of rotatable bonds is 6. The first-order valence-electron chi connectivity index (χ1n) is 9.38. The zero-order valence-electron chi connectivity index (χ0n) is 16.2. The van der Waals surface area contributed by atoms with Crippen LogP contribution in [0.2, 0.25) is 0 Å². The molecule has 2 aromatic heterocycles. The van der Waals surface area contributed by atoms with Crippen molar-refractivity contribution in [2.45, 2.75) is 13.5 Å². The predicted octanol–water partition coefficient (Wildman–Crippen LogP) is 5.89. The van der Waals surface area contributed by atoms with Gasteiger partial charge in [-0.05, 0) is 55.0 Å². The molecule has 0 saturated carbocycles. The van der Waals surface area contributed by atoms with Gasteiger partial charge in [0, 0.05) is 15.7 Å². The van der Waals surface area contributed by atoms with E-state index in [0.29, 0.717) is 12.4 Å². The second kappa shape index (κ2) is 8.55. The number of ether oxygens (including phenoxy) is 1. The summed E-state index contributed by atoms with van der Waals surface area (Å²) in [6.07, 6.45) is 0. The van der Waals surface area contributed by atoms with Crippen LogP contribution in [0.1, 0.15) is 21.7 Å². The summed E-state index contributed by atoms with van der Waals surface area (Å²) < 4.78 is 9.00. The highest BCUT2D eigenvalue weighted by molar-refractivity contribution is 9.10. The molecule has 0 unspecified atom stereocenters. The van der Waals surface area contributed by atoms with Gasteiger partial charge in [-0.3, -0.25) is 4.57 Å². The van der Waals surface area contributed by atoms with E-state index in [0.717, 1.165) is 32.7 Å². The normalized spacial score (nSPS) is 10.7. The van der Waals surface area contributed by atoms with Crippen LogP contribution in [-0.4, -0.2) is 20.6 Å². The predicted molar refractivity (Wildman–Crippen MR) is 119 cm³/mol. The molecule has 4 rings (SSSR count). The summed E-state index contributed by atoms with van der Waals surface area (Å²) in [7, 11) is 0. The van der Waals surface area contributed by atoms with Crippen molar-refractivity contribution in [3.63, 3.8) is 0 Å². The van der Waals surface area contributed by atoms with Crippen LogP contribution in [0.5, 0.6) is 5.75 Å². The van der Waals surface area contributed by atoms with E-state index in [1.54, 1.807) is 12.1 Å². The number of benzene rings is 2. The molecule has 0 bridgehead atoms. The molecule has 0 fully saturated rings. The maximum Gasteiger partial charge on any atom is 0.354 e. The molecule has 0 atom stereocenters. The van der Waals surface area contributed by atoms with E-state index in [9.17, 15) is 9.90 Å². The minimum Gasteiger partial charge on any atom is -0.488 e. The van der Waals surface area contributed by atoms with E-state index in [2.05, 4.69) is 20.9 Å². The van der Waals surface area contributed by atoms with Gasteiger partial charge in [0.1, 0.15) is 18.2 Å². The number of carboxylic acid groups (broad SMARTS) is 1. The standard InChI is InChI=1S/C24H19BrN2O3/c1-16-10-12-21(27(16)23-9-5-8-20(26-23)24(28)29)19-14-18(25)11-13-22(19)30-15-17-6-3-2-4-7-17/h2-14H,15H2,1H3,(H,28,29). The van der Waals surface area contributed by atoms with Crippen LogP contribution < -0.4 is 4.74 Å². The van der Waals surface area contributed by atoms with Crippen molar-refractivity contribution in [2.75, 3.05) is 0 Å². The number of pyridine rings is 1. The molecule has 4 aromatic rings. The Hall–Kier alpha value is -3.38. The first-order valence-corrected chi connectivity index (χ1v) is 10.2. The Morgan fingerprint density at radius 3 is 2.60 bits per heavy atom. The molecule has 0 amide bonds. The number of nitrogens with zero attached hydrogens (tertiary/aromatic N) is 2. The van der Waals surface area contributed by atoms with Crippen molar-refractivity contribution >= 4 is 21.9 Å². The van der Waals surface area contributed by atoms with E-state index in [4.69, 9.17) is 4.74 Å². The Kier molecular flexibility index (Phi) is 5.68. The molecule has 0 aliphatic heterocycles. The molecular weight excluding hydrogens is 444 g/mol. The fourth-order valence-electron chi connectivity index (χ4n) is 3.28. The Labute approximate surface area is 182 Å². The van der Waals surface area contributed by atoms with Gasteiger partial charge in [-0.2, -0.15) is 0 Å². The smallest absolute Gasteiger partial charge is 0.354 e. The molecule has 0 aliphatic rings. The van der Waals surface area contributed by atoms with E-state index in [1.165, 1.54) is 6.07 Å². The van der Waals surface area contributed by atoms with Crippen LogP contribution in [-0.2, 0) is 6.61 Å². The number of aromatic nitrogens is 2. The first-order chi connectivity index (χ1) is 14.5. The molecule has 150 valence electrons. The van der Waals surface area contributed by atoms with Crippen molar-refractivity contribution in [3.8, 4) is 22.8 Å². The highest BCUT2D eigenvalue weighted by Crippen LogP contribution is 2.35. The third kappa shape index (κ3) is 4.14. The number of halogens is 1.